The van der Waals surface area contributed by atoms with E-state index in [-0.39, 0.29) is 5.92 Å². The molecule has 0 fully saturated rings. The van der Waals surface area contributed by atoms with E-state index in [1.165, 1.54) is 0 Å². The molecule has 0 aliphatic carbocycles. The summed E-state index contributed by atoms with van der Waals surface area (Å²) in [7, 11) is 0. The molecule has 2 aromatic carbocycles. The Morgan fingerprint density at radius 3 is 2.23 bits per heavy atom. The molecule has 0 saturated heterocycles. The van der Waals surface area contributed by atoms with Crippen LogP contribution in [-0.2, 0) is 11.4 Å². The number of carbonyl (C=O) groups is 3. The van der Waals surface area contributed by atoms with Crippen molar-refractivity contribution in [1.82, 2.24) is 16.2 Å². The molecule has 30 heavy (non-hydrogen) atoms. The van der Waals surface area contributed by atoms with E-state index in [0.717, 1.165) is 5.56 Å². The van der Waals surface area contributed by atoms with E-state index in [4.69, 9.17) is 22.1 Å². The maximum Gasteiger partial charge on any atom is 0.312 e. The highest BCUT2D eigenvalue weighted by atomic mass is 35.5. The van der Waals surface area contributed by atoms with Gasteiger partial charge in [0.15, 0.2) is 0 Å². The molecule has 2 atom stereocenters. The van der Waals surface area contributed by atoms with Gasteiger partial charge < -0.3 is 15.8 Å². The Hall–Kier alpha value is -3.26. The first-order valence-electron chi connectivity index (χ1n) is 9.43. The van der Waals surface area contributed by atoms with Gasteiger partial charge in [-0.2, -0.15) is 0 Å². The summed E-state index contributed by atoms with van der Waals surface area (Å²) in [5.74, 6) is -0.515. The van der Waals surface area contributed by atoms with E-state index in [2.05, 4.69) is 16.2 Å². The number of carbonyl (C=O) groups excluding carboxylic acids is 3. The topological polar surface area (TPSA) is 123 Å². The molecule has 0 aliphatic heterocycles. The minimum absolute atomic E-state index is 0.158. The Balaban J connectivity index is 1.88. The molecule has 2 unspecified atom stereocenters. The first-order valence-corrected chi connectivity index (χ1v) is 9.81. The maximum atomic E-state index is 12.3. The summed E-state index contributed by atoms with van der Waals surface area (Å²) in [6, 6.07) is 12.1. The fraction of sp³-hybridized carbons (Fsp3) is 0.286. The van der Waals surface area contributed by atoms with Crippen LogP contribution in [0.15, 0.2) is 48.5 Å². The predicted molar refractivity (Wildman–Crippen MR) is 114 cm³/mol. The van der Waals surface area contributed by atoms with Crippen molar-refractivity contribution in [2.45, 2.75) is 32.9 Å². The fourth-order valence-electron chi connectivity index (χ4n) is 2.57. The van der Waals surface area contributed by atoms with E-state index >= 15 is 0 Å². The molecule has 4 amide bonds. The summed E-state index contributed by atoms with van der Waals surface area (Å²) < 4.78 is 5.66. The standard InChI is InChI=1S/C21H25ClN4O4/c1-3-13(2)18(24-21(23)29)20(28)26-25-19(27)15-6-4-14(5-7-15)12-30-17-10-8-16(22)9-11-17/h4-11,13,18H,3,12H2,1-2H3,(H,25,27)(H,26,28)(H3,23,24,29). The highest BCUT2D eigenvalue weighted by Crippen LogP contribution is 2.17. The molecule has 0 radical (unpaired) electrons. The van der Waals surface area contributed by atoms with Crippen LogP contribution in [0.1, 0.15) is 36.2 Å². The van der Waals surface area contributed by atoms with E-state index in [9.17, 15) is 14.4 Å². The molecule has 5 N–H and O–H groups in total. The minimum Gasteiger partial charge on any atom is -0.489 e. The number of hydrogen-bond acceptors (Lipinski definition) is 4. The molecular formula is C21H25ClN4O4. The van der Waals surface area contributed by atoms with Crippen LogP contribution in [-0.4, -0.2) is 23.9 Å². The highest BCUT2D eigenvalue weighted by molar-refractivity contribution is 6.30. The van der Waals surface area contributed by atoms with Gasteiger partial charge >= 0.3 is 6.03 Å². The van der Waals surface area contributed by atoms with Gasteiger partial charge in [0.25, 0.3) is 11.8 Å². The molecule has 8 nitrogen and oxygen atoms in total. The van der Waals surface area contributed by atoms with Crippen LogP contribution in [0.3, 0.4) is 0 Å². The normalized spacial score (nSPS) is 12.4. The summed E-state index contributed by atoms with van der Waals surface area (Å²) in [6.07, 6.45) is 0.645. The molecule has 2 rings (SSSR count). The average Bonchev–Trinajstić information content (AvgIpc) is 2.74. The van der Waals surface area contributed by atoms with Gasteiger partial charge in [-0.3, -0.25) is 20.4 Å². The maximum absolute atomic E-state index is 12.3. The number of hydrogen-bond donors (Lipinski definition) is 4. The van der Waals surface area contributed by atoms with Crippen LogP contribution in [0.4, 0.5) is 4.79 Å². The number of nitrogens with two attached hydrogens (primary N) is 1. The van der Waals surface area contributed by atoms with Gasteiger partial charge in [0, 0.05) is 10.6 Å². The number of ether oxygens (including phenoxy) is 1. The van der Waals surface area contributed by atoms with Crippen LogP contribution < -0.4 is 26.6 Å². The molecule has 0 saturated carbocycles. The minimum atomic E-state index is -0.847. The quantitative estimate of drug-likeness (QED) is 0.479. The van der Waals surface area contributed by atoms with Crippen LogP contribution in [0.25, 0.3) is 0 Å². The zero-order valence-electron chi connectivity index (χ0n) is 16.8. The number of amides is 4. The van der Waals surface area contributed by atoms with Crippen molar-refractivity contribution in [2.24, 2.45) is 11.7 Å². The number of primary amides is 1. The van der Waals surface area contributed by atoms with Crippen molar-refractivity contribution < 1.29 is 19.1 Å². The summed E-state index contributed by atoms with van der Waals surface area (Å²) >= 11 is 5.84. The van der Waals surface area contributed by atoms with E-state index in [1.807, 2.05) is 6.92 Å². The number of nitrogens with one attached hydrogen (secondary N) is 3. The molecule has 0 aromatic heterocycles. The lowest BCUT2D eigenvalue weighted by molar-refractivity contribution is -0.124. The van der Waals surface area contributed by atoms with Crippen molar-refractivity contribution in [3.8, 4) is 5.75 Å². The van der Waals surface area contributed by atoms with Crippen LogP contribution >= 0.6 is 11.6 Å². The Kier molecular flexibility index (Phi) is 8.49. The summed E-state index contributed by atoms with van der Waals surface area (Å²) in [4.78, 5) is 35.7. The van der Waals surface area contributed by atoms with Crippen molar-refractivity contribution >= 4 is 29.4 Å². The Labute approximate surface area is 180 Å². The second-order valence-electron chi connectivity index (χ2n) is 6.75. The molecule has 9 heteroatoms. The van der Waals surface area contributed by atoms with Crippen LogP contribution in [0.2, 0.25) is 5.02 Å². The summed E-state index contributed by atoms with van der Waals surface area (Å²) in [6.45, 7) is 4.01. The molecule has 0 heterocycles. The lowest BCUT2D eigenvalue weighted by Gasteiger charge is -2.22. The average molecular weight is 433 g/mol. The van der Waals surface area contributed by atoms with Gasteiger partial charge in [0.1, 0.15) is 18.4 Å². The van der Waals surface area contributed by atoms with E-state index in [1.54, 1.807) is 55.5 Å². The number of benzene rings is 2. The highest BCUT2D eigenvalue weighted by Gasteiger charge is 2.25. The smallest absolute Gasteiger partial charge is 0.312 e. The molecule has 0 bridgehead atoms. The number of urea groups is 1. The van der Waals surface area contributed by atoms with E-state index < -0.39 is 23.9 Å². The Bertz CT molecular complexity index is 872. The lowest BCUT2D eigenvalue weighted by Crippen LogP contribution is -2.55. The molecule has 2 aromatic rings. The third-order valence-electron chi connectivity index (χ3n) is 4.53. The van der Waals surface area contributed by atoms with Crippen LogP contribution in [0.5, 0.6) is 5.75 Å². The lowest BCUT2D eigenvalue weighted by atomic mass is 9.99. The first kappa shape index (κ1) is 23.0. The van der Waals surface area contributed by atoms with Crippen molar-refractivity contribution in [3.05, 3.63) is 64.7 Å². The summed E-state index contributed by atoms with van der Waals surface area (Å²) in [5.41, 5.74) is 11.0. The van der Waals surface area contributed by atoms with Gasteiger partial charge in [0.2, 0.25) is 0 Å². The molecule has 0 aliphatic rings. The largest absolute Gasteiger partial charge is 0.489 e. The van der Waals surface area contributed by atoms with Crippen molar-refractivity contribution in [3.63, 3.8) is 0 Å². The SMILES string of the molecule is CCC(C)C(NC(N)=O)C(=O)NNC(=O)c1ccc(COc2ccc(Cl)cc2)cc1. The second kappa shape index (κ2) is 11.1. The van der Waals surface area contributed by atoms with Gasteiger partial charge in [-0.05, 0) is 47.9 Å². The van der Waals surface area contributed by atoms with Gasteiger partial charge in [0.05, 0.1) is 0 Å². The van der Waals surface area contributed by atoms with Crippen molar-refractivity contribution in [2.75, 3.05) is 0 Å². The molecule has 160 valence electrons. The number of hydrazine groups is 1. The van der Waals surface area contributed by atoms with Gasteiger partial charge in [-0.25, -0.2) is 4.79 Å². The molecule has 0 spiro atoms. The third kappa shape index (κ3) is 6.97. The first-order chi connectivity index (χ1) is 14.3. The van der Waals surface area contributed by atoms with Crippen molar-refractivity contribution in [1.29, 1.82) is 0 Å². The fourth-order valence-corrected chi connectivity index (χ4v) is 2.70. The summed E-state index contributed by atoms with van der Waals surface area (Å²) in [5, 5.41) is 3.02. The zero-order valence-corrected chi connectivity index (χ0v) is 17.5. The Morgan fingerprint density at radius 2 is 1.67 bits per heavy atom. The van der Waals surface area contributed by atoms with Crippen LogP contribution in [0, 0.1) is 5.92 Å². The number of rotatable bonds is 8. The number of halogens is 1. The molecular weight excluding hydrogens is 408 g/mol. The zero-order chi connectivity index (χ0) is 22.1. The van der Waals surface area contributed by atoms with Gasteiger partial charge in [-0.15, -0.1) is 0 Å². The second-order valence-corrected chi connectivity index (χ2v) is 7.19. The monoisotopic (exact) mass is 432 g/mol. The predicted octanol–water partition coefficient (Wildman–Crippen LogP) is 2.76. The third-order valence-corrected chi connectivity index (χ3v) is 4.78. The van der Waals surface area contributed by atoms with E-state index in [0.29, 0.717) is 29.4 Å². The van der Waals surface area contributed by atoms with Gasteiger partial charge in [-0.1, -0.05) is 44.0 Å². The Morgan fingerprint density at radius 1 is 1.03 bits per heavy atom.